The van der Waals surface area contributed by atoms with Crippen LogP contribution in [0.4, 0.5) is 34.8 Å². The number of fused-ring (bicyclic) bond motifs is 2. The van der Waals surface area contributed by atoms with Gasteiger partial charge < -0.3 is 54.1 Å². The number of carboxylic acids is 1. The highest BCUT2D eigenvalue weighted by Crippen LogP contribution is 2.36. The Morgan fingerprint density at radius 2 is 1.23 bits per heavy atom. The lowest BCUT2D eigenvalue weighted by atomic mass is 10.1. The number of methoxy groups -OCH3 is 2. The second kappa shape index (κ2) is 23.4. The average molecular weight is 1040 g/mol. The van der Waals surface area contributed by atoms with E-state index in [1.807, 2.05) is 48.2 Å². The number of nitrogens with one attached hydrogen (secondary N) is 1. The largest absolute Gasteiger partial charge is 0.476 e. The van der Waals surface area contributed by atoms with E-state index in [2.05, 4.69) is 66.9 Å². The Kier molecular flexibility index (Phi) is 18.4. The van der Waals surface area contributed by atoms with Gasteiger partial charge in [-0.05, 0) is 82.5 Å². The van der Waals surface area contributed by atoms with Crippen molar-refractivity contribution in [1.29, 1.82) is 0 Å². The molecule has 2 fully saturated rings. The van der Waals surface area contributed by atoms with Crippen molar-refractivity contribution in [2.45, 2.75) is 38.5 Å². The standard InChI is InChI=1S/C20H24BrN5O3S.C16H24N4O2.C4H2BrNO2S.ClH/c1-25(8-9-28-2)20-24-14-10-16(26-6-4-3-5-7-26)13(11-17(14)29-20)22-18(27)15-12-30-19(21)23-15;1-19(8-9-21-2)16-18-13-11-14(12(17)10-15(13)22-16)20-6-4-3-5-7-20;5-4-6-2(1-9-4)3(7)8;/h10-12H,3-9H2,1-2H3,(H,22,27);10-11H,3-9,17H2,1-2H3;1H,(H,7,8);1H. The molecule has 17 nitrogen and oxygen atoms in total. The van der Waals surface area contributed by atoms with E-state index in [0.717, 1.165) is 79.2 Å². The summed E-state index contributed by atoms with van der Waals surface area (Å²) in [6, 6.07) is 8.93. The van der Waals surface area contributed by atoms with Crippen LogP contribution in [0.5, 0.6) is 0 Å². The van der Waals surface area contributed by atoms with Crippen molar-refractivity contribution >= 4 is 136 Å². The summed E-state index contributed by atoms with van der Waals surface area (Å²) in [5, 5.41) is 14.6. The van der Waals surface area contributed by atoms with Gasteiger partial charge in [-0.15, -0.1) is 35.1 Å². The molecular formula is C40H51Br2ClN10O7S2. The lowest BCUT2D eigenvalue weighted by molar-refractivity contribution is 0.0691. The Labute approximate surface area is 390 Å². The monoisotopic (exact) mass is 1040 g/mol. The highest BCUT2D eigenvalue weighted by molar-refractivity contribution is 9.11. The third-order valence-electron chi connectivity index (χ3n) is 9.98. The Bertz CT molecular complexity index is 2380. The van der Waals surface area contributed by atoms with Crippen LogP contribution in [0.2, 0.25) is 0 Å². The number of anilines is 6. The molecule has 6 heterocycles. The van der Waals surface area contributed by atoms with Gasteiger partial charge in [0.2, 0.25) is 0 Å². The van der Waals surface area contributed by atoms with Crippen LogP contribution in [0.25, 0.3) is 22.2 Å². The third kappa shape index (κ3) is 12.9. The van der Waals surface area contributed by atoms with E-state index in [1.54, 1.807) is 19.6 Å². The number of likely N-dealkylation sites (N-methyl/N-ethyl adjacent to an activating group) is 2. The Morgan fingerprint density at radius 1 is 0.758 bits per heavy atom. The number of carboxylic acid groups (broad SMARTS) is 1. The maximum Gasteiger partial charge on any atom is 0.355 e. The minimum absolute atomic E-state index is 0. The van der Waals surface area contributed by atoms with Gasteiger partial charge in [0, 0.05) is 90.5 Å². The number of amides is 1. The number of carbonyl (C=O) groups is 2. The van der Waals surface area contributed by atoms with Gasteiger partial charge in [0.25, 0.3) is 17.9 Å². The molecule has 4 N–H and O–H groups in total. The van der Waals surface area contributed by atoms with Crippen LogP contribution < -0.4 is 30.7 Å². The Balaban J connectivity index is 0.000000198. The van der Waals surface area contributed by atoms with E-state index in [4.69, 9.17) is 29.1 Å². The first-order valence-corrected chi connectivity index (χ1v) is 23.1. The lowest BCUT2D eigenvalue weighted by Gasteiger charge is -2.30. The fraction of sp³-hybridized carbons (Fsp3) is 0.450. The zero-order valence-corrected chi connectivity index (χ0v) is 40.5. The van der Waals surface area contributed by atoms with Crippen molar-refractivity contribution in [3.8, 4) is 0 Å². The molecule has 2 aromatic carbocycles. The number of ether oxygens (including phenoxy) is 2. The van der Waals surface area contributed by atoms with Crippen LogP contribution in [0.1, 0.15) is 59.5 Å². The van der Waals surface area contributed by atoms with Crippen molar-refractivity contribution in [3.63, 3.8) is 0 Å². The van der Waals surface area contributed by atoms with Crippen molar-refractivity contribution in [2.75, 3.05) is 111 Å². The summed E-state index contributed by atoms with van der Waals surface area (Å²) in [5.41, 5.74) is 13.2. The highest BCUT2D eigenvalue weighted by Gasteiger charge is 2.22. The zero-order chi connectivity index (χ0) is 43.5. The summed E-state index contributed by atoms with van der Waals surface area (Å²) in [6.45, 7) is 6.66. The fourth-order valence-corrected chi connectivity index (χ4v) is 8.67. The normalized spacial score (nSPS) is 13.8. The number of hydrogen-bond donors (Lipinski definition) is 3. The molecule has 62 heavy (non-hydrogen) atoms. The van der Waals surface area contributed by atoms with Gasteiger partial charge in [-0.2, -0.15) is 9.97 Å². The molecule has 336 valence electrons. The number of nitrogen functional groups attached to an aromatic ring is 1. The molecule has 0 bridgehead atoms. The van der Waals surface area contributed by atoms with E-state index in [0.29, 0.717) is 56.6 Å². The molecule has 4 aromatic heterocycles. The first-order valence-electron chi connectivity index (χ1n) is 19.8. The molecule has 0 aliphatic carbocycles. The molecule has 6 aromatic rings. The van der Waals surface area contributed by atoms with E-state index in [9.17, 15) is 9.59 Å². The number of benzene rings is 2. The Hall–Kier alpha value is -4.25. The second-order valence-electron chi connectivity index (χ2n) is 14.4. The third-order valence-corrected chi connectivity index (χ3v) is 12.7. The predicted molar refractivity (Wildman–Crippen MR) is 257 cm³/mol. The van der Waals surface area contributed by atoms with Crippen molar-refractivity contribution in [3.05, 3.63) is 54.2 Å². The molecular weight excluding hydrogens is 992 g/mol. The number of carbonyl (C=O) groups excluding carboxylic acids is 1. The van der Waals surface area contributed by atoms with Gasteiger partial charge in [-0.25, -0.2) is 14.8 Å². The van der Waals surface area contributed by atoms with Crippen LogP contribution in [0.15, 0.2) is 51.7 Å². The van der Waals surface area contributed by atoms with Crippen LogP contribution in [0, 0.1) is 0 Å². The average Bonchev–Trinajstić information content (AvgIpc) is 4.09. The Morgan fingerprint density at radius 3 is 1.68 bits per heavy atom. The molecule has 0 saturated carbocycles. The lowest BCUT2D eigenvalue weighted by Crippen LogP contribution is -2.30. The summed E-state index contributed by atoms with van der Waals surface area (Å²) in [5.74, 6) is -1.23. The summed E-state index contributed by atoms with van der Waals surface area (Å²) in [4.78, 5) is 48.5. The van der Waals surface area contributed by atoms with Gasteiger partial charge in [-0.1, -0.05) is 0 Å². The van der Waals surface area contributed by atoms with E-state index >= 15 is 0 Å². The summed E-state index contributed by atoms with van der Waals surface area (Å²) < 4.78 is 23.3. The SMILES string of the molecule is COCCN(C)c1nc2cc(N3CCCCC3)c(N)cc2o1.COCCN(C)c1nc2cc(N3CCCCC3)c(NC(=O)c3csc(Br)n3)cc2o1.Cl.O=C(O)c1csc(Br)n1. The van der Waals surface area contributed by atoms with Gasteiger partial charge >= 0.3 is 5.97 Å². The molecule has 0 spiro atoms. The number of hydrogen-bond acceptors (Lipinski definition) is 17. The topological polar surface area (TPSA) is 202 Å². The number of nitrogens with zero attached hydrogens (tertiary/aromatic N) is 8. The zero-order valence-electron chi connectivity index (χ0n) is 34.9. The predicted octanol–water partition coefficient (Wildman–Crippen LogP) is 8.88. The molecule has 2 aliphatic rings. The number of piperidine rings is 2. The van der Waals surface area contributed by atoms with Gasteiger partial charge in [-0.3, -0.25) is 4.79 Å². The molecule has 0 atom stereocenters. The van der Waals surface area contributed by atoms with Crippen molar-refractivity contribution < 1.29 is 33.0 Å². The number of nitrogens with two attached hydrogens (primary N) is 1. The van der Waals surface area contributed by atoms with Crippen LogP contribution >= 0.6 is 66.9 Å². The first-order chi connectivity index (χ1) is 29.4. The van der Waals surface area contributed by atoms with Gasteiger partial charge in [0.1, 0.15) is 16.7 Å². The van der Waals surface area contributed by atoms with Crippen molar-refractivity contribution in [1.82, 2.24) is 19.9 Å². The van der Waals surface area contributed by atoms with Gasteiger partial charge in [0.05, 0.1) is 36.0 Å². The number of oxazole rings is 2. The van der Waals surface area contributed by atoms with Crippen LogP contribution in [-0.4, -0.2) is 118 Å². The van der Waals surface area contributed by atoms with Crippen LogP contribution in [0.3, 0.4) is 0 Å². The number of rotatable bonds is 13. The molecule has 2 aliphatic heterocycles. The summed E-state index contributed by atoms with van der Waals surface area (Å²) in [7, 11) is 7.21. The smallest absolute Gasteiger partial charge is 0.355 e. The molecule has 22 heteroatoms. The maximum absolute atomic E-state index is 12.8. The van der Waals surface area contributed by atoms with Crippen LogP contribution in [-0.2, 0) is 9.47 Å². The molecule has 8 rings (SSSR count). The highest BCUT2D eigenvalue weighted by atomic mass is 79.9. The fourth-order valence-electron chi connectivity index (χ4n) is 6.69. The maximum atomic E-state index is 12.8. The molecule has 2 saturated heterocycles. The molecule has 0 radical (unpaired) electrons. The first kappa shape index (κ1) is 48.8. The van der Waals surface area contributed by atoms with Crippen molar-refractivity contribution in [2.24, 2.45) is 0 Å². The second-order valence-corrected chi connectivity index (χ2v) is 18.6. The number of thiazole rings is 2. The number of halogens is 3. The van der Waals surface area contributed by atoms with E-state index in [-0.39, 0.29) is 24.0 Å². The number of aromatic nitrogens is 4. The van der Waals surface area contributed by atoms with E-state index < -0.39 is 5.97 Å². The number of aromatic carboxylic acids is 1. The van der Waals surface area contributed by atoms with E-state index in [1.165, 1.54) is 53.7 Å². The molecule has 0 unspecified atom stereocenters. The molecule has 1 amide bonds. The minimum atomic E-state index is -0.989. The minimum Gasteiger partial charge on any atom is -0.476 e. The quantitative estimate of drug-likeness (QED) is 0.0925. The summed E-state index contributed by atoms with van der Waals surface area (Å²) in [6.07, 6.45) is 7.24. The summed E-state index contributed by atoms with van der Waals surface area (Å²) >= 11 is 9.00. The van der Waals surface area contributed by atoms with Gasteiger partial charge in [0.15, 0.2) is 24.7 Å².